The second-order valence-electron chi connectivity index (χ2n) is 4.24. The van der Waals surface area contributed by atoms with Crippen LogP contribution in [0.5, 0.6) is 5.75 Å². The summed E-state index contributed by atoms with van der Waals surface area (Å²) in [5.41, 5.74) is 8.11. The third-order valence-corrected chi connectivity index (χ3v) is 3.01. The average Bonchev–Trinajstić information content (AvgIpc) is 2.46. The van der Waals surface area contributed by atoms with Crippen molar-refractivity contribution in [3.8, 4) is 5.75 Å². The third-order valence-electron chi connectivity index (χ3n) is 3.01. The Morgan fingerprint density at radius 2 is 2.11 bits per heavy atom. The predicted molar refractivity (Wildman–Crippen MR) is 72.7 cm³/mol. The normalized spacial score (nSPS) is 12.1. The Morgan fingerprint density at radius 3 is 2.78 bits per heavy atom. The van der Waals surface area contributed by atoms with Crippen LogP contribution in [0.3, 0.4) is 0 Å². The summed E-state index contributed by atoms with van der Waals surface area (Å²) in [5, 5.41) is 0. The SMILES string of the molecule is COc1cccc(CC(CN)c2ccccn2)c1. The molecule has 0 bridgehead atoms. The summed E-state index contributed by atoms with van der Waals surface area (Å²) in [7, 11) is 1.68. The number of pyridine rings is 1. The van der Waals surface area contributed by atoms with Crippen molar-refractivity contribution in [1.29, 1.82) is 0 Å². The molecule has 1 atom stereocenters. The first-order chi connectivity index (χ1) is 8.83. The fourth-order valence-corrected chi connectivity index (χ4v) is 2.01. The first-order valence-corrected chi connectivity index (χ1v) is 6.07. The highest BCUT2D eigenvalue weighted by molar-refractivity contribution is 5.30. The van der Waals surface area contributed by atoms with Crippen LogP contribution in [-0.4, -0.2) is 18.6 Å². The molecule has 0 radical (unpaired) electrons. The van der Waals surface area contributed by atoms with Gasteiger partial charge >= 0.3 is 0 Å². The van der Waals surface area contributed by atoms with Gasteiger partial charge < -0.3 is 10.5 Å². The van der Waals surface area contributed by atoms with E-state index in [1.54, 1.807) is 7.11 Å². The molecule has 1 unspecified atom stereocenters. The highest BCUT2D eigenvalue weighted by atomic mass is 16.5. The standard InChI is InChI=1S/C15H18N2O/c1-18-14-6-4-5-12(10-14)9-13(11-16)15-7-2-3-8-17-15/h2-8,10,13H,9,11,16H2,1H3. The van der Waals surface area contributed by atoms with Crippen molar-refractivity contribution in [1.82, 2.24) is 4.98 Å². The monoisotopic (exact) mass is 242 g/mol. The number of methoxy groups -OCH3 is 1. The lowest BCUT2D eigenvalue weighted by Crippen LogP contribution is -2.16. The van der Waals surface area contributed by atoms with Gasteiger partial charge in [-0.15, -0.1) is 0 Å². The Labute approximate surface area is 108 Å². The summed E-state index contributed by atoms with van der Waals surface area (Å²) in [6, 6.07) is 14.0. The maximum Gasteiger partial charge on any atom is 0.119 e. The number of ether oxygens (including phenoxy) is 1. The fraction of sp³-hybridized carbons (Fsp3) is 0.267. The van der Waals surface area contributed by atoms with E-state index >= 15 is 0 Å². The molecule has 2 rings (SSSR count). The summed E-state index contributed by atoms with van der Waals surface area (Å²) in [6.45, 7) is 0.591. The maximum atomic E-state index is 5.85. The van der Waals surface area contributed by atoms with Crippen molar-refractivity contribution >= 4 is 0 Å². The van der Waals surface area contributed by atoms with Crippen molar-refractivity contribution in [2.24, 2.45) is 5.73 Å². The summed E-state index contributed by atoms with van der Waals surface area (Å²) >= 11 is 0. The Balaban J connectivity index is 2.15. The molecule has 0 amide bonds. The number of hydrogen-bond acceptors (Lipinski definition) is 3. The molecule has 1 aromatic carbocycles. The molecule has 0 aliphatic carbocycles. The van der Waals surface area contributed by atoms with Crippen molar-refractivity contribution in [3.05, 3.63) is 59.9 Å². The zero-order valence-electron chi connectivity index (χ0n) is 10.5. The highest BCUT2D eigenvalue weighted by Gasteiger charge is 2.11. The van der Waals surface area contributed by atoms with Crippen LogP contribution in [0.4, 0.5) is 0 Å². The minimum absolute atomic E-state index is 0.248. The molecule has 3 heteroatoms. The summed E-state index contributed by atoms with van der Waals surface area (Å²) in [5.74, 6) is 1.13. The van der Waals surface area contributed by atoms with Gasteiger partial charge in [0.15, 0.2) is 0 Å². The van der Waals surface area contributed by atoms with Gasteiger partial charge in [0.05, 0.1) is 7.11 Å². The van der Waals surface area contributed by atoms with E-state index < -0.39 is 0 Å². The van der Waals surface area contributed by atoms with Crippen LogP contribution in [0.15, 0.2) is 48.7 Å². The molecule has 1 aromatic heterocycles. The number of hydrogen-bond donors (Lipinski definition) is 1. The van der Waals surface area contributed by atoms with Gasteiger partial charge in [0, 0.05) is 24.4 Å². The van der Waals surface area contributed by atoms with Gasteiger partial charge in [0.1, 0.15) is 5.75 Å². The van der Waals surface area contributed by atoms with E-state index in [-0.39, 0.29) is 5.92 Å². The van der Waals surface area contributed by atoms with E-state index in [1.165, 1.54) is 5.56 Å². The number of nitrogens with two attached hydrogens (primary N) is 1. The molecule has 94 valence electrons. The molecular formula is C15H18N2O. The number of benzene rings is 1. The Hall–Kier alpha value is -1.87. The van der Waals surface area contributed by atoms with Crippen molar-refractivity contribution in [2.75, 3.05) is 13.7 Å². The molecule has 0 aliphatic heterocycles. The second kappa shape index (κ2) is 6.17. The van der Waals surface area contributed by atoms with Gasteiger partial charge in [-0.05, 0) is 36.2 Å². The lowest BCUT2D eigenvalue weighted by Gasteiger charge is -2.14. The molecule has 0 aliphatic rings. The zero-order chi connectivity index (χ0) is 12.8. The van der Waals surface area contributed by atoms with Gasteiger partial charge in [-0.25, -0.2) is 0 Å². The maximum absolute atomic E-state index is 5.85. The first-order valence-electron chi connectivity index (χ1n) is 6.07. The largest absolute Gasteiger partial charge is 0.497 e. The Morgan fingerprint density at radius 1 is 1.22 bits per heavy atom. The van der Waals surface area contributed by atoms with Crippen LogP contribution < -0.4 is 10.5 Å². The lowest BCUT2D eigenvalue weighted by atomic mass is 9.95. The molecule has 2 N–H and O–H groups in total. The van der Waals surface area contributed by atoms with Gasteiger partial charge in [0.2, 0.25) is 0 Å². The summed E-state index contributed by atoms with van der Waals surface area (Å²) in [6.07, 6.45) is 2.69. The quantitative estimate of drug-likeness (QED) is 0.875. The lowest BCUT2D eigenvalue weighted by molar-refractivity contribution is 0.414. The van der Waals surface area contributed by atoms with Gasteiger partial charge in [-0.2, -0.15) is 0 Å². The molecule has 0 fully saturated rings. The van der Waals surface area contributed by atoms with Gasteiger partial charge in [-0.1, -0.05) is 18.2 Å². The van der Waals surface area contributed by atoms with Crippen LogP contribution in [0.1, 0.15) is 17.2 Å². The second-order valence-corrected chi connectivity index (χ2v) is 4.24. The van der Waals surface area contributed by atoms with Gasteiger partial charge in [-0.3, -0.25) is 4.98 Å². The third kappa shape index (κ3) is 3.08. The van der Waals surface area contributed by atoms with E-state index in [1.807, 2.05) is 42.6 Å². The zero-order valence-corrected chi connectivity index (χ0v) is 10.5. The minimum Gasteiger partial charge on any atom is -0.497 e. The molecule has 0 saturated carbocycles. The summed E-state index contributed by atoms with van der Waals surface area (Å²) in [4.78, 5) is 4.38. The van der Waals surface area contributed by atoms with E-state index in [2.05, 4.69) is 11.1 Å². The number of nitrogens with zero attached hydrogens (tertiary/aromatic N) is 1. The van der Waals surface area contributed by atoms with Crippen LogP contribution in [0, 0.1) is 0 Å². The van der Waals surface area contributed by atoms with Gasteiger partial charge in [0.25, 0.3) is 0 Å². The molecule has 0 spiro atoms. The van der Waals surface area contributed by atoms with Crippen LogP contribution in [0.2, 0.25) is 0 Å². The van der Waals surface area contributed by atoms with Crippen LogP contribution >= 0.6 is 0 Å². The van der Waals surface area contributed by atoms with Crippen LogP contribution in [-0.2, 0) is 6.42 Å². The minimum atomic E-state index is 0.248. The van der Waals surface area contributed by atoms with Crippen molar-refractivity contribution in [3.63, 3.8) is 0 Å². The van der Waals surface area contributed by atoms with E-state index in [9.17, 15) is 0 Å². The molecule has 1 heterocycles. The van der Waals surface area contributed by atoms with Crippen LogP contribution in [0.25, 0.3) is 0 Å². The highest BCUT2D eigenvalue weighted by Crippen LogP contribution is 2.20. The fourth-order valence-electron chi connectivity index (χ4n) is 2.01. The average molecular weight is 242 g/mol. The number of aromatic nitrogens is 1. The number of rotatable bonds is 5. The van der Waals surface area contributed by atoms with Crippen molar-refractivity contribution in [2.45, 2.75) is 12.3 Å². The Bertz CT molecular complexity index is 485. The smallest absolute Gasteiger partial charge is 0.119 e. The molecule has 18 heavy (non-hydrogen) atoms. The van der Waals surface area contributed by atoms with E-state index in [0.717, 1.165) is 17.9 Å². The molecule has 3 nitrogen and oxygen atoms in total. The van der Waals surface area contributed by atoms with Crippen molar-refractivity contribution < 1.29 is 4.74 Å². The van der Waals surface area contributed by atoms with E-state index in [0.29, 0.717) is 6.54 Å². The topological polar surface area (TPSA) is 48.1 Å². The van der Waals surface area contributed by atoms with E-state index in [4.69, 9.17) is 10.5 Å². The molecular weight excluding hydrogens is 224 g/mol. The first kappa shape index (κ1) is 12.6. The molecule has 0 saturated heterocycles. The molecule has 2 aromatic rings. The predicted octanol–water partition coefficient (Wildman–Crippen LogP) is 2.38. The Kier molecular flexibility index (Phi) is 4.31. The summed E-state index contributed by atoms with van der Waals surface area (Å²) < 4.78 is 5.23.